The molecular weight excluding hydrogens is 262 g/mol. The molecule has 0 N–H and O–H groups in total. The summed E-state index contributed by atoms with van der Waals surface area (Å²) in [5.74, 6) is 2.30. The van der Waals surface area contributed by atoms with Crippen molar-refractivity contribution in [3.8, 4) is 17.2 Å². The summed E-state index contributed by atoms with van der Waals surface area (Å²) in [5.41, 5.74) is 0.940. The Morgan fingerprint density at radius 1 is 1.16 bits per heavy atom. The number of aryl methyl sites for hydroxylation is 1. The predicted molar refractivity (Wildman–Crippen MR) is 76.3 cm³/mol. The molecular formula is C15H16ClNO2. The predicted octanol–water partition coefficient (Wildman–Crippen LogP) is 4.62. The number of hydrogen-bond donors (Lipinski definition) is 0. The monoisotopic (exact) mass is 277 g/mol. The summed E-state index contributed by atoms with van der Waals surface area (Å²) in [5, 5.41) is 0.420. The van der Waals surface area contributed by atoms with Gasteiger partial charge in [-0.15, -0.1) is 0 Å². The Kier molecular flexibility index (Phi) is 4.63. The van der Waals surface area contributed by atoms with E-state index in [0.717, 1.165) is 30.1 Å². The van der Waals surface area contributed by atoms with Crippen LogP contribution in [0.3, 0.4) is 0 Å². The minimum absolute atomic E-state index is 0.420. The van der Waals surface area contributed by atoms with Crippen LogP contribution in [0.4, 0.5) is 0 Å². The van der Waals surface area contributed by atoms with Crippen LogP contribution in [-0.2, 0) is 0 Å². The van der Waals surface area contributed by atoms with Gasteiger partial charge in [0.1, 0.15) is 22.4 Å². The number of pyridine rings is 1. The summed E-state index contributed by atoms with van der Waals surface area (Å²) < 4.78 is 11.3. The molecule has 4 heteroatoms. The van der Waals surface area contributed by atoms with Gasteiger partial charge in [-0.2, -0.15) is 0 Å². The van der Waals surface area contributed by atoms with Crippen LogP contribution in [-0.4, -0.2) is 11.6 Å². The summed E-state index contributed by atoms with van der Waals surface area (Å²) in [4.78, 5) is 3.99. The molecule has 0 atom stereocenters. The van der Waals surface area contributed by atoms with E-state index in [9.17, 15) is 0 Å². The van der Waals surface area contributed by atoms with Crippen LogP contribution < -0.4 is 9.47 Å². The highest BCUT2D eigenvalue weighted by Gasteiger charge is 2.04. The van der Waals surface area contributed by atoms with Gasteiger partial charge in [-0.1, -0.05) is 18.5 Å². The van der Waals surface area contributed by atoms with Gasteiger partial charge < -0.3 is 9.47 Å². The molecule has 0 unspecified atom stereocenters. The van der Waals surface area contributed by atoms with Gasteiger partial charge in [0.15, 0.2) is 0 Å². The highest BCUT2D eigenvalue weighted by atomic mass is 35.5. The average Bonchev–Trinajstić information content (AvgIpc) is 2.42. The molecule has 19 heavy (non-hydrogen) atoms. The van der Waals surface area contributed by atoms with Crippen molar-refractivity contribution in [1.82, 2.24) is 4.98 Å². The van der Waals surface area contributed by atoms with Crippen molar-refractivity contribution in [2.45, 2.75) is 20.3 Å². The molecule has 0 amide bonds. The highest BCUT2D eigenvalue weighted by Crippen LogP contribution is 2.27. The first kappa shape index (κ1) is 13.7. The second-order valence-electron chi connectivity index (χ2n) is 4.19. The first-order valence-corrected chi connectivity index (χ1v) is 6.59. The zero-order chi connectivity index (χ0) is 13.7. The number of ether oxygens (including phenoxy) is 2. The van der Waals surface area contributed by atoms with Crippen LogP contribution in [0.5, 0.6) is 17.2 Å². The van der Waals surface area contributed by atoms with Gasteiger partial charge in [0.05, 0.1) is 6.61 Å². The van der Waals surface area contributed by atoms with Gasteiger partial charge in [-0.3, -0.25) is 0 Å². The summed E-state index contributed by atoms with van der Waals surface area (Å²) in [6.07, 6.45) is 2.68. The lowest BCUT2D eigenvalue weighted by Crippen LogP contribution is -1.94. The zero-order valence-electron chi connectivity index (χ0n) is 11.0. The molecule has 1 heterocycles. The third kappa shape index (κ3) is 3.86. The molecule has 0 saturated carbocycles. The first-order valence-electron chi connectivity index (χ1n) is 6.22. The number of nitrogens with zero attached hydrogens (tertiary/aromatic N) is 1. The van der Waals surface area contributed by atoms with Crippen molar-refractivity contribution in [2.24, 2.45) is 0 Å². The van der Waals surface area contributed by atoms with E-state index in [2.05, 4.69) is 11.9 Å². The lowest BCUT2D eigenvalue weighted by Gasteiger charge is -2.09. The lowest BCUT2D eigenvalue weighted by molar-refractivity contribution is 0.317. The maximum absolute atomic E-state index is 5.85. The summed E-state index contributed by atoms with van der Waals surface area (Å²) in [6.45, 7) is 4.73. The van der Waals surface area contributed by atoms with Gasteiger partial charge >= 0.3 is 0 Å². The van der Waals surface area contributed by atoms with Crippen LogP contribution >= 0.6 is 11.6 Å². The summed E-state index contributed by atoms with van der Waals surface area (Å²) in [6, 6.07) is 9.24. The van der Waals surface area contributed by atoms with Crippen molar-refractivity contribution in [3.05, 3.63) is 47.2 Å². The summed E-state index contributed by atoms with van der Waals surface area (Å²) in [7, 11) is 0. The zero-order valence-corrected chi connectivity index (χ0v) is 11.8. The van der Waals surface area contributed by atoms with E-state index in [1.54, 1.807) is 12.3 Å². The Morgan fingerprint density at radius 2 is 1.84 bits per heavy atom. The maximum atomic E-state index is 5.85. The van der Waals surface area contributed by atoms with E-state index < -0.39 is 0 Å². The Balaban J connectivity index is 2.08. The maximum Gasteiger partial charge on any atom is 0.134 e. The van der Waals surface area contributed by atoms with Gasteiger partial charge in [0.2, 0.25) is 0 Å². The summed E-state index contributed by atoms with van der Waals surface area (Å²) >= 11 is 5.85. The minimum atomic E-state index is 0.420. The molecule has 2 aromatic rings. The molecule has 0 aliphatic heterocycles. The quantitative estimate of drug-likeness (QED) is 0.747. The SMILES string of the molecule is CCCOc1ccc(Oc2cc(Cl)ncc2C)cc1. The molecule has 0 fully saturated rings. The molecule has 1 aromatic heterocycles. The van der Waals surface area contributed by atoms with Crippen molar-refractivity contribution in [3.63, 3.8) is 0 Å². The van der Waals surface area contributed by atoms with Gasteiger partial charge in [-0.05, 0) is 37.6 Å². The Bertz CT molecular complexity index is 540. The molecule has 0 saturated heterocycles. The first-order chi connectivity index (χ1) is 9.19. The van der Waals surface area contributed by atoms with E-state index in [1.807, 2.05) is 31.2 Å². The molecule has 3 nitrogen and oxygen atoms in total. The number of halogens is 1. The van der Waals surface area contributed by atoms with Gasteiger partial charge in [-0.25, -0.2) is 4.98 Å². The number of benzene rings is 1. The smallest absolute Gasteiger partial charge is 0.134 e. The van der Waals surface area contributed by atoms with E-state index in [-0.39, 0.29) is 0 Å². The fraction of sp³-hybridized carbons (Fsp3) is 0.267. The Morgan fingerprint density at radius 3 is 2.53 bits per heavy atom. The topological polar surface area (TPSA) is 31.4 Å². The van der Waals surface area contributed by atoms with Crippen LogP contribution in [0.1, 0.15) is 18.9 Å². The lowest BCUT2D eigenvalue weighted by atomic mass is 10.3. The van der Waals surface area contributed by atoms with Gasteiger partial charge in [0.25, 0.3) is 0 Å². The molecule has 2 rings (SSSR count). The van der Waals surface area contributed by atoms with E-state index >= 15 is 0 Å². The van der Waals surface area contributed by atoms with E-state index in [4.69, 9.17) is 21.1 Å². The molecule has 1 aromatic carbocycles. The molecule has 100 valence electrons. The molecule has 0 spiro atoms. The van der Waals surface area contributed by atoms with Crippen LogP contribution in [0.15, 0.2) is 36.5 Å². The molecule has 0 aliphatic rings. The molecule has 0 aliphatic carbocycles. The largest absolute Gasteiger partial charge is 0.494 e. The second kappa shape index (κ2) is 6.43. The van der Waals surface area contributed by atoms with E-state index in [0.29, 0.717) is 10.9 Å². The number of aromatic nitrogens is 1. The van der Waals surface area contributed by atoms with Crippen molar-refractivity contribution < 1.29 is 9.47 Å². The molecule has 0 radical (unpaired) electrons. The Hall–Kier alpha value is -1.74. The number of rotatable bonds is 5. The Labute approximate surface area is 118 Å². The fourth-order valence-corrected chi connectivity index (χ4v) is 1.69. The van der Waals surface area contributed by atoms with Crippen molar-refractivity contribution in [2.75, 3.05) is 6.61 Å². The third-order valence-electron chi connectivity index (χ3n) is 2.54. The average molecular weight is 278 g/mol. The third-order valence-corrected chi connectivity index (χ3v) is 2.75. The standard InChI is InChI=1S/C15H16ClNO2/c1-3-8-18-12-4-6-13(7-5-12)19-14-9-15(16)17-10-11(14)2/h4-7,9-10H,3,8H2,1-2H3. The normalized spacial score (nSPS) is 10.3. The van der Waals surface area contributed by atoms with Crippen molar-refractivity contribution >= 4 is 11.6 Å². The minimum Gasteiger partial charge on any atom is -0.494 e. The van der Waals surface area contributed by atoms with Crippen LogP contribution in [0.25, 0.3) is 0 Å². The second-order valence-corrected chi connectivity index (χ2v) is 4.58. The van der Waals surface area contributed by atoms with E-state index in [1.165, 1.54) is 0 Å². The molecule has 0 bridgehead atoms. The fourth-order valence-electron chi connectivity index (χ4n) is 1.54. The van der Waals surface area contributed by atoms with Gasteiger partial charge in [0, 0.05) is 17.8 Å². The van der Waals surface area contributed by atoms with Crippen LogP contribution in [0, 0.1) is 6.92 Å². The van der Waals surface area contributed by atoms with Crippen LogP contribution in [0.2, 0.25) is 5.15 Å². The van der Waals surface area contributed by atoms with Crippen molar-refractivity contribution in [1.29, 1.82) is 0 Å². The number of hydrogen-bond acceptors (Lipinski definition) is 3. The highest BCUT2D eigenvalue weighted by molar-refractivity contribution is 6.29.